The Bertz CT molecular complexity index is 541. The minimum atomic E-state index is -0.288. The van der Waals surface area contributed by atoms with Crippen LogP contribution in [0, 0.1) is 29.1 Å². The molecule has 0 aromatic carbocycles. The molecular weight excluding hydrogens is 300 g/mol. The number of allylic oxidation sites excluding steroid dienone is 2. The highest BCUT2D eigenvalue weighted by Crippen LogP contribution is 2.61. The third-order valence-electron chi connectivity index (χ3n) is 7.85. The van der Waals surface area contributed by atoms with Gasteiger partial charge in [0.1, 0.15) is 0 Å². The van der Waals surface area contributed by atoms with Gasteiger partial charge in [0.15, 0.2) is 5.79 Å². The molecule has 1 N–H and O–H groups in total. The van der Waals surface area contributed by atoms with E-state index in [9.17, 15) is 5.11 Å². The predicted octanol–water partition coefficient (Wildman–Crippen LogP) is 4.05. The molecule has 5 fully saturated rings. The summed E-state index contributed by atoms with van der Waals surface area (Å²) in [5.74, 6) is 2.82. The fourth-order valence-electron chi connectivity index (χ4n) is 6.44. The maximum atomic E-state index is 10.2. The van der Waals surface area contributed by atoms with Gasteiger partial charge in [-0.05, 0) is 62.2 Å². The number of fused-ring (bicyclic) bond motifs is 5. The van der Waals surface area contributed by atoms with Crippen molar-refractivity contribution in [2.24, 2.45) is 29.1 Å². The van der Waals surface area contributed by atoms with Crippen LogP contribution in [0.25, 0.3) is 0 Å². The fourth-order valence-corrected chi connectivity index (χ4v) is 6.44. The lowest BCUT2D eigenvalue weighted by atomic mass is 9.80. The van der Waals surface area contributed by atoms with E-state index in [-0.39, 0.29) is 17.3 Å². The molecule has 134 valence electrons. The van der Waals surface area contributed by atoms with Crippen molar-refractivity contribution in [1.29, 1.82) is 0 Å². The highest BCUT2D eigenvalue weighted by Gasteiger charge is 2.55. The number of ether oxygens (including phenoxy) is 2. The van der Waals surface area contributed by atoms with E-state index >= 15 is 0 Å². The molecule has 4 saturated carbocycles. The van der Waals surface area contributed by atoms with E-state index < -0.39 is 0 Å². The molecule has 1 aliphatic heterocycles. The van der Waals surface area contributed by atoms with Crippen LogP contribution in [0.5, 0.6) is 0 Å². The second kappa shape index (κ2) is 5.31. The molecule has 0 amide bonds. The Morgan fingerprint density at radius 1 is 0.875 bits per heavy atom. The summed E-state index contributed by atoms with van der Waals surface area (Å²) in [5, 5.41) is 10.2. The summed E-state index contributed by atoms with van der Waals surface area (Å²) < 4.78 is 12.4. The topological polar surface area (TPSA) is 38.7 Å². The maximum absolute atomic E-state index is 10.2. The van der Waals surface area contributed by atoms with Gasteiger partial charge >= 0.3 is 0 Å². The molecule has 3 nitrogen and oxygen atoms in total. The molecule has 0 radical (unpaired) electrons. The number of rotatable bonds is 0. The second-order valence-corrected chi connectivity index (χ2v) is 10.1. The van der Waals surface area contributed by atoms with Crippen molar-refractivity contribution < 1.29 is 14.6 Å². The number of aliphatic hydroxyl groups excluding tert-OH is 1. The Kier molecular flexibility index (Phi) is 3.51. The minimum Gasteiger partial charge on any atom is -0.393 e. The van der Waals surface area contributed by atoms with Gasteiger partial charge in [-0.15, -0.1) is 0 Å². The molecule has 3 heteroatoms. The van der Waals surface area contributed by atoms with Gasteiger partial charge in [0.05, 0.1) is 19.3 Å². The molecule has 1 heterocycles. The van der Waals surface area contributed by atoms with E-state index in [1.807, 2.05) is 0 Å². The van der Waals surface area contributed by atoms with Gasteiger partial charge in [-0.2, -0.15) is 0 Å². The highest BCUT2D eigenvalue weighted by molar-refractivity contribution is 5.25. The molecule has 2 bridgehead atoms. The number of hydrogen-bond donors (Lipinski definition) is 1. The van der Waals surface area contributed by atoms with Crippen molar-refractivity contribution in [3.8, 4) is 0 Å². The fraction of sp³-hybridized carbons (Fsp3) is 0.905. The van der Waals surface area contributed by atoms with E-state index in [2.05, 4.69) is 13.8 Å². The van der Waals surface area contributed by atoms with Crippen molar-refractivity contribution in [3.05, 3.63) is 11.1 Å². The largest absolute Gasteiger partial charge is 0.393 e. The van der Waals surface area contributed by atoms with Crippen LogP contribution in [0.4, 0.5) is 0 Å². The van der Waals surface area contributed by atoms with Crippen LogP contribution < -0.4 is 0 Å². The highest BCUT2D eigenvalue weighted by atomic mass is 16.7. The van der Waals surface area contributed by atoms with Crippen LogP contribution >= 0.6 is 0 Å². The molecular formula is C21H32O3. The van der Waals surface area contributed by atoms with E-state index in [1.54, 1.807) is 11.1 Å². The van der Waals surface area contributed by atoms with Crippen LogP contribution in [-0.2, 0) is 9.47 Å². The van der Waals surface area contributed by atoms with E-state index in [4.69, 9.17) is 9.47 Å². The number of aliphatic hydroxyl groups is 1. The van der Waals surface area contributed by atoms with Gasteiger partial charge in [-0.25, -0.2) is 0 Å². The lowest BCUT2D eigenvalue weighted by Crippen LogP contribution is -2.48. The first-order valence-corrected chi connectivity index (χ1v) is 10.1. The molecule has 0 aromatic rings. The van der Waals surface area contributed by atoms with Crippen LogP contribution in [0.3, 0.4) is 0 Å². The van der Waals surface area contributed by atoms with Crippen molar-refractivity contribution >= 4 is 0 Å². The van der Waals surface area contributed by atoms with Crippen LogP contribution in [0.15, 0.2) is 11.1 Å². The molecule has 5 aliphatic rings. The first kappa shape index (κ1) is 15.8. The molecule has 0 unspecified atom stereocenters. The third-order valence-corrected chi connectivity index (χ3v) is 7.85. The zero-order valence-corrected chi connectivity index (χ0v) is 15.2. The van der Waals surface area contributed by atoms with Crippen LogP contribution in [-0.4, -0.2) is 30.2 Å². The second-order valence-electron chi connectivity index (χ2n) is 10.1. The molecule has 24 heavy (non-hydrogen) atoms. The minimum absolute atomic E-state index is 0.00242. The monoisotopic (exact) mass is 332 g/mol. The quantitative estimate of drug-likeness (QED) is 0.680. The molecule has 5 atom stereocenters. The molecule has 0 aromatic heterocycles. The summed E-state index contributed by atoms with van der Waals surface area (Å²) in [6, 6.07) is 0. The Hall–Kier alpha value is -0.380. The Balaban J connectivity index is 1.25. The maximum Gasteiger partial charge on any atom is 0.168 e. The van der Waals surface area contributed by atoms with Gasteiger partial charge < -0.3 is 14.6 Å². The predicted molar refractivity (Wildman–Crippen MR) is 92.3 cm³/mol. The van der Waals surface area contributed by atoms with Gasteiger partial charge in [0.2, 0.25) is 0 Å². The first-order valence-electron chi connectivity index (χ1n) is 10.1. The zero-order chi connectivity index (χ0) is 16.5. The van der Waals surface area contributed by atoms with Crippen molar-refractivity contribution in [3.63, 3.8) is 0 Å². The van der Waals surface area contributed by atoms with Crippen molar-refractivity contribution in [1.82, 2.24) is 0 Å². The van der Waals surface area contributed by atoms with Crippen molar-refractivity contribution in [2.75, 3.05) is 13.2 Å². The number of hydrogen-bond acceptors (Lipinski definition) is 3. The summed E-state index contributed by atoms with van der Waals surface area (Å²) in [7, 11) is 0. The summed E-state index contributed by atoms with van der Waals surface area (Å²) in [6.07, 6.45) is 9.38. The lowest BCUT2D eigenvalue weighted by molar-refractivity contribution is -0.307. The van der Waals surface area contributed by atoms with Gasteiger partial charge in [0, 0.05) is 18.3 Å². The lowest BCUT2D eigenvalue weighted by Gasteiger charge is -2.46. The molecule has 1 saturated heterocycles. The smallest absolute Gasteiger partial charge is 0.168 e. The Labute approximate surface area is 145 Å². The third kappa shape index (κ3) is 2.42. The Morgan fingerprint density at radius 3 is 2.25 bits per heavy atom. The summed E-state index contributed by atoms with van der Waals surface area (Å²) in [4.78, 5) is 0. The summed E-state index contributed by atoms with van der Waals surface area (Å²) >= 11 is 0. The van der Waals surface area contributed by atoms with Gasteiger partial charge in [0.25, 0.3) is 0 Å². The molecule has 4 aliphatic carbocycles. The van der Waals surface area contributed by atoms with Crippen molar-refractivity contribution in [2.45, 2.75) is 77.1 Å². The zero-order valence-electron chi connectivity index (χ0n) is 15.2. The van der Waals surface area contributed by atoms with E-state index in [0.29, 0.717) is 5.92 Å². The van der Waals surface area contributed by atoms with Crippen LogP contribution in [0.1, 0.15) is 65.2 Å². The average Bonchev–Trinajstić information content (AvgIpc) is 3.22. The Morgan fingerprint density at radius 2 is 1.54 bits per heavy atom. The summed E-state index contributed by atoms with van der Waals surface area (Å²) in [5.41, 5.74) is 3.62. The average molecular weight is 332 g/mol. The normalized spacial score (nSPS) is 45.9. The standard InChI is InChI=1S/C21H32O3/c1-20(2)11-23-21(24-12-20)5-3-13(4-6-21)14-7-16-15-9-18(17(16)8-14)19(22)10-15/h15-19,22H,3-12H2,1-2H3/t15-,16-,17-,18-,19+/m1/s1. The molecule has 1 spiro atoms. The SMILES string of the molecule is CC1(C)COC2(CCC(=C3C[C@@H]4[C@H](C3)[C@@H]3C[C@H]4[C@@H](O)C3)CC2)OC1. The van der Waals surface area contributed by atoms with E-state index in [0.717, 1.165) is 63.1 Å². The van der Waals surface area contributed by atoms with Gasteiger partial charge in [-0.3, -0.25) is 0 Å². The van der Waals surface area contributed by atoms with E-state index in [1.165, 1.54) is 19.3 Å². The first-order chi connectivity index (χ1) is 11.4. The summed E-state index contributed by atoms with van der Waals surface area (Å²) in [6.45, 7) is 6.08. The molecule has 5 rings (SSSR count). The van der Waals surface area contributed by atoms with Gasteiger partial charge in [-0.1, -0.05) is 25.0 Å². The van der Waals surface area contributed by atoms with Crippen LogP contribution in [0.2, 0.25) is 0 Å².